The topological polar surface area (TPSA) is 184 Å². The molecule has 11 heteroatoms. The molecule has 0 aromatic carbocycles. The van der Waals surface area contributed by atoms with Crippen LogP contribution in [0.4, 0.5) is 0 Å². The molecule has 0 radical (unpaired) electrons. The van der Waals surface area contributed by atoms with E-state index in [0.29, 0.717) is 0 Å². The van der Waals surface area contributed by atoms with Crippen molar-refractivity contribution in [2.75, 3.05) is 13.7 Å². The van der Waals surface area contributed by atoms with Gasteiger partial charge in [0.1, 0.15) is 36.0 Å². The highest BCUT2D eigenvalue weighted by atomic mass is 16.9. The first-order valence-corrected chi connectivity index (χ1v) is 7.21. The molecule has 1 saturated carbocycles. The molecule has 9 atom stereocenters. The van der Waals surface area contributed by atoms with Crippen LogP contribution in [0.25, 0.3) is 0 Å². The van der Waals surface area contributed by atoms with Crippen LogP contribution in [0, 0.1) is 5.92 Å². The van der Waals surface area contributed by atoms with Crippen molar-refractivity contribution in [2.45, 2.75) is 47.8 Å². The number of nitrogens with zero attached hydrogens (tertiary/aromatic N) is 1. The minimum atomic E-state index is -2.75. The van der Waals surface area contributed by atoms with Gasteiger partial charge in [0.05, 0.1) is 19.6 Å². The van der Waals surface area contributed by atoms with E-state index in [2.05, 4.69) is 5.32 Å². The largest absolute Gasteiger partial charge is 0.805 e. The van der Waals surface area contributed by atoms with Gasteiger partial charge in [-0.15, -0.1) is 0 Å². The van der Waals surface area contributed by atoms with E-state index < -0.39 is 60.3 Å². The highest BCUT2D eigenvalue weighted by Crippen LogP contribution is 2.58. The smallest absolute Gasteiger partial charge is 0.346 e. The maximum absolute atomic E-state index is 12.7. The molecule has 8 N–H and O–H groups in total. The number of hydrogen-bond donors (Lipinski definition) is 7. The van der Waals surface area contributed by atoms with E-state index in [9.17, 15) is 30.6 Å². The Kier molecular flexibility index (Phi) is 2.78. The van der Waals surface area contributed by atoms with Gasteiger partial charge in [0, 0.05) is 0 Å². The van der Waals surface area contributed by atoms with Crippen molar-refractivity contribution < 1.29 is 44.7 Å². The molecule has 0 amide bonds. The minimum absolute atomic E-state index is 0.0649. The van der Waals surface area contributed by atoms with E-state index in [1.54, 1.807) is 0 Å². The lowest BCUT2D eigenvalue weighted by molar-refractivity contribution is -0.764. The lowest BCUT2D eigenvalue weighted by Crippen LogP contribution is -2.97. The number of nitrogens with two attached hydrogens (primary N) is 1. The van der Waals surface area contributed by atoms with E-state index in [1.807, 2.05) is 0 Å². The van der Waals surface area contributed by atoms with Gasteiger partial charge in [0.25, 0.3) is 0 Å². The van der Waals surface area contributed by atoms with Gasteiger partial charge in [-0.3, -0.25) is 15.6 Å². The zero-order chi connectivity index (χ0) is 16.9. The second-order valence-electron chi connectivity index (χ2n) is 6.62. The molecular formula is C12H19N3O8. The number of ether oxygens (including phenoxy) is 2. The summed E-state index contributed by atoms with van der Waals surface area (Å²) in [6.45, 7) is -0.867. The second kappa shape index (κ2) is 4.13. The third-order valence-corrected chi connectivity index (χ3v) is 5.79. The molecule has 0 aromatic heterocycles. The van der Waals surface area contributed by atoms with Crippen molar-refractivity contribution in [1.29, 1.82) is 0 Å². The molecule has 4 heterocycles. The summed E-state index contributed by atoms with van der Waals surface area (Å²) >= 11 is 0. The summed E-state index contributed by atoms with van der Waals surface area (Å²) in [6.07, 6.45) is -7.83. The zero-order valence-corrected chi connectivity index (χ0v) is 12.2. The van der Waals surface area contributed by atoms with E-state index >= 15 is 0 Å². The maximum Gasteiger partial charge on any atom is 0.346 e. The standard InChI is InChI=1S/C12H18N3O8/c1-15-9(13)14-7(18)3-5-10(20,2-16)6-4(17)11(3,15)8(19)12(21,22-5)23-6/h3-8,16-20H,2H2,1H3,(H2,13,14)/q-1/p+1. The normalized spacial score (nSPS) is 60.7. The molecule has 3 saturated heterocycles. The minimum Gasteiger partial charge on any atom is -0.805 e. The van der Waals surface area contributed by atoms with E-state index in [-0.39, 0.29) is 5.96 Å². The maximum atomic E-state index is 12.7. The van der Waals surface area contributed by atoms with Crippen LogP contribution in [0.3, 0.4) is 0 Å². The lowest BCUT2D eigenvalue weighted by Gasteiger charge is -2.74. The Balaban J connectivity index is 2.01. The molecule has 1 aliphatic carbocycles. The molecule has 130 valence electrons. The number of rotatable bonds is 1. The summed E-state index contributed by atoms with van der Waals surface area (Å²) in [5.74, 6) is -3.97. The van der Waals surface area contributed by atoms with Crippen molar-refractivity contribution in [3.05, 3.63) is 0 Å². The van der Waals surface area contributed by atoms with Gasteiger partial charge < -0.3 is 40.1 Å². The molecule has 11 nitrogen and oxygen atoms in total. The van der Waals surface area contributed by atoms with Crippen LogP contribution in [0.1, 0.15) is 0 Å². The van der Waals surface area contributed by atoms with Crippen molar-refractivity contribution in [1.82, 2.24) is 5.32 Å². The first-order chi connectivity index (χ1) is 10.6. The average molecular weight is 333 g/mol. The SMILES string of the molecule is C[N+]1=C(N)NC(O)C2C3OC4([O-])OC(C(O)C21C4O)C3(O)CO. The second-order valence-corrected chi connectivity index (χ2v) is 6.62. The highest BCUT2D eigenvalue weighted by molar-refractivity contribution is 5.74. The molecule has 4 aliphatic heterocycles. The molecule has 5 aliphatic rings. The number of aliphatic hydroxyl groups is 5. The summed E-state index contributed by atoms with van der Waals surface area (Å²) < 4.78 is 11.5. The number of guanidine groups is 1. The third kappa shape index (κ3) is 1.38. The van der Waals surface area contributed by atoms with Crippen LogP contribution >= 0.6 is 0 Å². The van der Waals surface area contributed by atoms with Gasteiger partial charge in [-0.05, 0) is 0 Å². The van der Waals surface area contributed by atoms with Crippen molar-refractivity contribution in [3.63, 3.8) is 0 Å². The van der Waals surface area contributed by atoms with Gasteiger partial charge in [0.15, 0.2) is 11.8 Å². The van der Waals surface area contributed by atoms with Gasteiger partial charge in [-0.2, -0.15) is 0 Å². The van der Waals surface area contributed by atoms with E-state index in [1.165, 1.54) is 11.6 Å². The van der Waals surface area contributed by atoms with Crippen LogP contribution in [0.2, 0.25) is 0 Å². The molecular weight excluding hydrogens is 314 g/mol. The van der Waals surface area contributed by atoms with Crippen LogP contribution in [-0.4, -0.2) is 97.5 Å². The summed E-state index contributed by atoms with van der Waals surface area (Å²) in [5, 5.41) is 67.2. The predicted molar refractivity (Wildman–Crippen MR) is 67.3 cm³/mol. The molecule has 0 aromatic rings. The Morgan fingerprint density at radius 3 is 2.52 bits per heavy atom. The van der Waals surface area contributed by atoms with Crippen LogP contribution in [-0.2, 0) is 9.47 Å². The van der Waals surface area contributed by atoms with Crippen molar-refractivity contribution >= 4 is 5.96 Å². The molecule has 4 fully saturated rings. The molecule has 1 spiro atoms. The summed E-state index contributed by atoms with van der Waals surface area (Å²) in [4.78, 5) is 0. The number of hydrogen-bond acceptors (Lipinski definition) is 10. The molecule has 9 unspecified atom stereocenters. The monoisotopic (exact) mass is 333 g/mol. The Bertz CT molecular complexity index is 603. The quantitative estimate of drug-likeness (QED) is 0.228. The van der Waals surface area contributed by atoms with Gasteiger partial charge >= 0.3 is 5.96 Å². The van der Waals surface area contributed by atoms with Gasteiger partial charge in [-0.25, -0.2) is 0 Å². The zero-order valence-electron chi connectivity index (χ0n) is 12.2. The van der Waals surface area contributed by atoms with Crippen LogP contribution < -0.4 is 16.2 Å². The average Bonchev–Trinajstić information content (AvgIpc) is 2.49. The lowest BCUT2D eigenvalue weighted by atomic mass is 9.54. The van der Waals surface area contributed by atoms with Crippen molar-refractivity contribution in [3.8, 4) is 0 Å². The fourth-order valence-electron chi connectivity index (χ4n) is 4.66. The van der Waals surface area contributed by atoms with Crippen LogP contribution in [0.15, 0.2) is 0 Å². The van der Waals surface area contributed by atoms with Crippen LogP contribution in [0.5, 0.6) is 0 Å². The first kappa shape index (κ1) is 15.5. The Morgan fingerprint density at radius 2 is 1.91 bits per heavy atom. The van der Waals surface area contributed by atoms with Gasteiger partial charge in [-0.1, -0.05) is 0 Å². The Morgan fingerprint density at radius 1 is 1.30 bits per heavy atom. The number of aliphatic hydroxyl groups excluding tert-OH is 4. The first-order valence-electron chi connectivity index (χ1n) is 7.21. The van der Waals surface area contributed by atoms with Crippen molar-refractivity contribution in [2.24, 2.45) is 11.7 Å². The number of likely N-dealkylation sites (N-methyl/N-ethyl adjacent to an activating group) is 1. The fraction of sp³-hybridized carbons (Fsp3) is 0.917. The summed E-state index contributed by atoms with van der Waals surface area (Å²) in [5.41, 5.74) is 1.94. The fourth-order valence-corrected chi connectivity index (χ4v) is 4.66. The predicted octanol–water partition coefficient (Wildman–Crippen LogP) is -6.51. The Hall–Kier alpha value is -1.05. The summed E-state index contributed by atoms with van der Waals surface area (Å²) in [7, 11) is 1.43. The molecule has 5 rings (SSSR count). The van der Waals surface area contributed by atoms with E-state index in [0.717, 1.165) is 0 Å². The number of nitrogens with one attached hydrogen (secondary N) is 1. The Labute approximate surface area is 130 Å². The molecule has 4 bridgehead atoms. The van der Waals surface area contributed by atoms with Gasteiger partial charge in [0.2, 0.25) is 0 Å². The molecule has 23 heavy (non-hydrogen) atoms. The van der Waals surface area contributed by atoms with E-state index in [4.69, 9.17) is 15.2 Å². The highest BCUT2D eigenvalue weighted by Gasteiger charge is 2.82. The third-order valence-electron chi connectivity index (χ3n) is 5.79. The summed E-state index contributed by atoms with van der Waals surface area (Å²) in [6, 6.07) is 0.